The number of amides is 1. The molecule has 2 heterocycles. The molecule has 0 unspecified atom stereocenters. The lowest BCUT2D eigenvalue weighted by Gasteiger charge is -2.16. The molecule has 8 heteroatoms. The van der Waals surface area contributed by atoms with E-state index in [1.807, 2.05) is 25.1 Å². The number of ether oxygens (including phenoxy) is 1. The summed E-state index contributed by atoms with van der Waals surface area (Å²) in [5, 5.41) is 11.1. The van der Waals surface area contributed by atoms with Crippen LogP contribution in [0.15, 0.2) is 54.9 Å². The summed E-state index contributed by atoms with van der Waals surface area (Å²) in [5.74, 6) is -0.0726. The molecule has 0 bridgehead atoms. The Balaban J connectivity index is 1.75. The molecule has 0 saturated carbocycles. The summed E-state index contributed by atoms with van der Waals surface area (Å²) in [6, 6.07) is 14.0. The molecule has 28 heavy (non-hydrogen) atoms. The van der Waals surface area contributed by atoms with Crippen LogP contribution in [0, 0.1) is 0 Å². The van der Waals surface area contributed by atoms with Crippen molar-refractivity contribution in [3.05, 3.63) is 70.3 Å². The molecule has 1 atom stereocenters. The van der Waals surface area contributed by atoms with Crippen LogP contribution in [0.3, 0.4) is 0 Å². The Morgan fingerprint density at radius 1 is 1.29 bits per heavy atom. The predicted molar refractivity (Wildman–Crippen MR) is 110 cm³/mol. The second-order valence-electron chi connectivity index (χ2n) is 6.21. The van der Waals surface area contributed by atoms with Crippen molar-refractivity contribution in [1.29, 1.82) is 0 Å². The Kier molecular flexibility index (Phi) is 4.70. The first-order chi connectivity index (χ1) is 13.4. The summed E-state index contributed by atoms with van der Waals surface area (Å²) in [6.07, 6.45) is 1.25. The van der Waals surface area contributed by atoms with Gasteiger partial charge in [0.25, 0.3) is 5.91 Å². The van der Waals surface area contributed by atoms with Gasteiger partial charge in [0.15, 0.2) is 0 Å². The predicted octanol–water partition coefficient (Wildman–Crippen LogP) is 4.68. The van der Waals surface area contributed by atoms with Crippen molar-refractivity contribution in [3.8, 4) is 16.5 Å². The lowest BCUT2D eigenvalue weighted by atomic mass is 10.1. The van der Waals surface area contributed by atoms with Crippen molar-refractivity contribution < 1.29 is 14.6 Å². The zero-order chi connectivity index (χ0) is 19.8. The van der Waals surface area contributed by atoms with Crippen LogP contribution in [0.2, 0.25) is 5.02 Å². The van der Waals surface area contributed by atoms with E-state index in [-0.39, 0.29) is 11.9 Å². The molecular weight excluding hydrogens is 398 g/mol. The molecule has 4 aromatic rings. The Hall–Kier alpha value is -3.03. The van der Waals surface area contributed by atoms with E-state index in [4.69, 9.17) is 22.1 Å². The molecule has 6 nitrogen and oxygen atoms in total. The average molecular weight is 414 g/mol. The van der Waals surface area contributed by atoms with Gasteiger partial charge in [-0.15, -0.1) is 11.3 Å². The molecule has 3 N–H and O–H groups in total. The number of benzene rings is 2. The van der Waals surface area contributed by atoms with Crippen molar-refractivity contribution in [2.45, 2.75) is 13.0 Å². The van der Waals surface area contributed by atoms with Gasteiger partial charge in [0.1, 0.15) is 33.8 Å². The van der Waals surface area contributed by atoms with E-state index in [0.29, 0.717) is 26.2 Å². The zero-order valence-corrected chi connectivity index (χ0v) is 16.4. The molecule has 4 rings (SSSR count). The fourth-order valence-corrected chi connectivity index (χ4v) is 4.19. The fourth-order valence-electron chi connectivity index (χ4n) is 2.97. The topological polar surface area (TPSA) is 90.4 Å². The van der Waals surface area contributed by atoms with Crippen molar-refractivity contribution >= 4 is 39.9 Å². The highest BCUT2D eigenvalue weighted by molar-refractivity contribution is 7.16. The van der Waals surface area contributed by atoms with Gasteiger partial charge in [-0.25, -0.2) is 4.98 Å². The third-order valence-electron chi connectivity index (χ3n) is 4.32. The van der Waals surface area contributed by atoms with E-state index in [0.717, 1.165) is 11.1 Å². The van der Waals surface area contributed by atoms with Gasteiger partial charge in [-0.2, -0.15) is 0 Å². The normalized spacial score (nSPS) is 12.2. The van der Waals surface area contributed by atoms with Gasteiger partial charge in [-0.05, 0) is 25.1 Å². The summed E-state index contributed by atoms with van der Waals surface area (Å²) < 4.78 is 7.81. The number of fused-ring (bicyclic) bond motifs is 1. The van der Waals surface area contributed by atoms with E-state index < -0.39 is 5.91 Å². The van der Waals surface area contributed by atoms with E-state index in [1.54, 1.807) is 41.2 Å². The van der Waals surface area contributed by atoms with Crippen LogP contribution >= 0.6 is 22.9 Å². The number of rotatable bonds is 5. The first-order valence-electron chi connectivity index (χ1n) is 8.45. The van der Waals surface area contributed by atoms with Gasteiger partial charge in [-0.1, -0.05) is 29.8 Å². The van der Waals surface area contributed by atoms with Gasteiger partial charge in [0, 0.05) is 22.7 Å². The molecule has 0 aliphatic carbocycles. The Bertz CT molecular complexity index is 1180. The highest BCUT2D eigenvalue weighted by Gasteiger charge is 2.21. The van der Waals surface area contributed by atoms with Crippen LogP contribution in [0.1, 0.15) is 28.3 Å². The van der Waals surface area contributed by atoms with Crippen LogP contribution in [0.5, 0.6) is 11.5 Å². The zero-order valence-electron chi connectivity index (χ0n) is 14.8. The second kappa shape index (κ2) is 7.18. The quantitative estimate of drug-likeness (QED) is 0.496. The van der Waals surface area contributed by atoms with Crippen LogP contribution in [0.4, 0.5) is 0 Å². The van der Waals surface area contributed by atoms with Crippen LogP contribution in [-0.4, -0.2) is 20.6 Å². The number of hydrogen-bond donors (Lipinski definition) is 2. The van der Waals surface area contributed by atoms with Crippen LogP contribution in [0.25, 0.3) is 16.0 Å². The number of imidazole rings is 1. The number of phenols is 1. The maximum Gasteiger partial charge on any atom is 0.262 e. The lowest BCUT2D eigenvalue weighted by molar-refractivity contribution is 0.0998. The number of nitrogens with two attached hydrogens (primary N) is 1. The standard InChI is InChI=1S/C20H16ClN3O3S/c1-11(13-4-2-3-5-14(13)21)27-17-9-18(28-19(17)20(22)26)24-10-23-15-7-6-12(25)8-16(15)24/h2-11,25H,1H3,(H2,22,26)/t11-/m1/s1. The maximum atomic E-state index is 12.0. The minimum Gasteiger partial charge on any atom is -0.508 e. The van der Waals surface area contributed by atoms with Crippen molar-refractivity contribution in [1.82, 2.24) is 9.55 Å². The van der Waals surface area contributed by atoms with Gasteiger partial charge in [-0.3, -0.25) is 9.36 Å². The van der Waals surface area contributed by atoms with E-state index in [9.17, 15) is 9.90 Å². The molecule has 0 spiro atoms. The molecule has 2 aromatic carbocycles. The molecule has 0 radical (unpaired) electrons. The van der Waals surface area contributed by atoms with E-state index >= 15 is 0 Å². The summed E-state index contributed by atoms with van der Waals surface area (Å²) in [6.45, 7) is 1.86. The summed E-state index contributed by atoms with van der Waals surface area (Å²) in [4.78, 5) is 16.6. The number of aromatic hydroxyl groups is 1. The van der Waals surface area contributed by atoms with Crippen molar-refractivity contribution in [3.63, 3.8) is 0 Å². The minimum atomic E-state index is -0.579. The maximum absolute atomic E-state index is 12.0. The molecule has 0 fully saturated rings. The first kappa shape index (κ1) is 18.3. The first-order valence-corrected chi connectivity index (χ1v) is 9.64. The largest absolute Gasteiger partial charge is 0.508 e. The lowest BCUT2D eigenvalue weighted by Crippen LogP contribution is -2.12. The molecule has 0 aliphatic rings. The number of phenolic OH excluding ortho intramolecular Hbond substituents is 1. The monoisotopic (exact) mass is 413 g/mol. The van der Waals surface area contributed by atoms with Crippen molar-refractivity contribution in [2.75, 3.05) is 0 Å². The third kappa shape index (κ3) is 3.30. The second-order valence-corrected chi connectivity index (χ2v) is 7.65. The van der Waals surface area contributed by atoms with Gasteiger partial charge in [0.05, 0.1) is 11.0 Å². The number of hydrogen-bond acceptors (Lipinski definition) is 5. The van der Waals surface area contributed by atoms with Crippen LogP contribution in [-0.2, 0) is 0 Å². The average Bonchev–Trinajstić information content (AvgIpc) is 3.25. The third-order valence-corrected chi connectivity index (χ3v) is 5.80. The molecule has 2 aromatic heterocycles. The fraction of sp³-hybridized carbons (Fsp3) is 0.100. The van der Waals surface area contributed by atoms with Gasteiger partial charge < -0.3 is 15.6 Å². The van der Waals surface area contributed by atoms with Gasteiger partial charge in [0.2, 0.25) is 0 Å². The highest BCUT2D eigenvalue weighted by Crippen LogP contribution is 2.37. The number of thiophene rings is 1. The molecular formula is C20H16ClN3O3S. The molecule has 0 aliphatic heterocycles. The molecule has 142 valence electrons. The molecule has 0 saturated heterocycles. The number of carbonyl (C=O) groups excluding carboxylic acids is 1. The number of carbonyl (C=O) groups is 1. The Labute approximate surface area is 169 Å². The molecule has 1 amide bonds. The van der Waals surface area contributed by atoms with Crippen molar-refractivity contribution in [2.24, 2.45) is 5.73 Å². The Morgan fingerprint density at radius 2 is 2.07 bits per heavy atom. The summed E-state index contributed by atoms with van der Waals surface area (Å²) in [5.41, 5.74) is 7.81. The number of primary amides is 1. The van der Waals surface area contributed by atoms with E-state index in [2.05, 4.69) is 4.98 Å². The smallest absolute Gasteiger partial charge is 0.262 e. The van der Waals surface area contributed by atoms with Gasteiger partial charge >= 0.3 is 0 Å². The number of nitrogens with zero attached hydrogens (tertiary/aromatic N) is 2. The van der Waals surface area contributed by atoms with E-state index in [1.165, 1.54) is 11.3 Å². The summed E-state index contributed by atoms with van der Waals surface area (Å²) in [7, 11) is 0. The SMILES string of the molecule is C[C@@H](Oc1cc(-n2cnc3ccc(O)cc32)sc1C(N)=O)c1ccccc1Cl. The summed E-state index contributed by atoms with van der Waals surface area (Å²) >= 11 is 7.45. The highest BCUT2D eigenvalue weighted by atomic mass is 35.5. The number of halogens is 1. The Morgan fingerprint density at radius 3 is 2.82 bits per heavy atom. The van der Waals surface area contributed by atoms with Crippen LogP contribution < -0.4 is 10.5 Å². The minimum absolute atomic E-state index is 0.129. The number of aromatic nitrogens is 2.